The van der Waals surface area contributed by atoms with Crippen molar-refractivity contribution in [2.45, 2.75) is 13.3 Å². The lowest BCUT2D eigenvalue weighted by atomic mass is 10.1. The SMILES string of the molecule is COc1ccc(Nc2ccc(NC(=O)Cc3ccc(C)cc3)nn2)cc1Cl. The van der Waals surface area contributed by atoms with Crippen LogP contribution in [0.3, 0.4) is 0 Å². The Labute approximate surface area is 162 Å². The molecule has 2 aromatic carbocycles. The first-order chi connectivity index (χ1) is 13.0. The largest absolute Gasteiger partial charge is 0.495 e. The smallest absolute Gasteiger partial charge is 0.229 e. The Morgan fingerprint density at radius 2 is 1.74 bits per heavy atom. The number of nitrogens with one attached hydrogen (secondary N) is 2. The number of anilines is 3. The van der Waals surface area contributed by atoms with Crippen molar-refractivity contribution >= 4 is 34.8 Å². The first-order valence-electron chi connectivity index (χ1n) is 8.33. The van der Waals surface area contributed by atoms with Crippen LogP contribution in [0.25, 0.3) is 0 Å². The fourth-order valence-electron chi connectivity index (χ4n) is 2.44. The minimum absolute atomic E-state index is 0.143. The maximum atomic E-state index is 12.1. The Hall–Kier alpha value is -3.12. The average molecular weight is 383 g/mol. The highest BCUT2D eigenvalue weighted by Gasteiger charge is 2.07. The molecule has 3 aromatic rings. The van der Waals surface area contributed by atoms with Crippen LogP contribution in [0, 0.1) is 6.92 Å². The van der Waals surface area contributed by atoms with E-state index in [0.29, 0.717) is 22.4 Å². The van der Waals surface area contributed by atoms with Gasteiger partial charge in [-0.1, -0.05) is 41.4 Å². The number of aryl methyl sites for hydroxylation is 1. The Bertz CT molecular complexity index is 928. The molecule has 0 radical (unpaired) electrons. The molecule has 0 spiro atoms. The number of carbonyl (C=O) groups is 1. The number of ether oxygens (including phenoxy) is 1. The molecular weight excluding hydrogens is 364 g/mol. The van der Waals surface area contributed by atoms with Crippen LogP contribution in [-0.2, 0) is 11.2 Å². The van der Waals surface area contributed by atoms with Crippen LogP contribution >= 0.6 is 11.6 Å². The van der Waals surface area contributed by atoms with Gasteiger partial charge in [-0.2, -0.15) is 0 Å². The van der Waals surface area contributed by atoms with Gasteiger partial charge in [0.05, 0.1) is 18.6 Å². The number of hydrogen-bond acceptors (Lipinski definition) is 5. The van der Waals surface area contributed by atoms with Crippen molar-refractivity contribution in [2.75, 3.05) is 17.7 Å². The standard InChI is InChI=1S/C20H19ClN4O2/c1-13-3-5-14(6-4-13)11-20(26)23-19-10-9-18(24-25-19)22-15-7-8-17(27-2)16(21)12-15/h3-10,12H,11H2,1-2H3,(H,22,24)(H,23,25,26). The normalized spacial score (nSPS) is 10.3. The van der Waals surface area contributed by atoms with Crippen molar-refractivity contribution in [3.63, 3.8) is 0 Å². The molecule has 2 N–H and O–H groups in total. The number of methoxy groups -OCH3 is 1. The van der Waals surface area contributed by atoms with Crippen LogP contribution in [0.1, 0.15) is 11.1 Å². The lowest BCUT2D eigenvalue weighted by molar-refractivity contribution is -0.115. The number of carbonyl (C=O) groups excluding carboxylic acids is 1. The fraction of sp³-hybridized carbons (Fsp3) is 0.150. The molecule has 1 heterocycles. The average Bonchev–Trinajstić information content (AvgIpc) is 2.65. The molecule has 1 aromatic heterocycles. The van der Waals surface area contributed by atoms with Gasteiger partial charge in [-0.15, -0.1) is 10.2 Å². The molecule has 6 nitrogen and oxygen atoms in total. The number of aromatic nitrogens is 2. The van der Waals surface area contributed by atoms with Gasteiger partial charge in [-0.05, 0) is 42.8 Å². The summed E-state index contributed by atoms with van der Waals surface area (Å²) >= 11 is 6.10. The van der Waals surface area contributed by atoms with E-state index < -0.39 is 0 Å². The van der Waals surface area contributed by atoms with E-state index in [1.54, 1.807) is 31.4 Å². The number of benzene rings is 2. The summed E-state index contributed by atoms with van der Waals surface area (Å²) in [6.45, 7) is 2.01. The number of amides is 1. The molecule has 138 valence electrons. The molecule has 0 saturated carbocycles. The van der Waals surface area contributed by atoms with E-state index in [4.69, 9.17) is 16.3 Å². The third-order valence-corrected chi connectivity index (χ3v) is 4.14. The summed E-state index contributed by atoms with van der Waals surface area (Å²) in [7, 11) is 1.56. The van der Waals surface area contributed by atoms with Crippen LogP contribution in [0.4, 0.5) is 17.3 Å². The predicted molar refractivity (Wildman–Crippen MR) is 107 cm³/mol. The van der Waals surface area contributed by atoms with Gasteiger partial charge in [0.25, 0.3) is 0 Å². The highest BCUT2D eigenvalue weighted by Crippen LogP contribution is 2.28. The Morgan fingerprint density at radius 1 is 1.04 bits per heavy atom. The molecule has 0 aliphatic rings. The zero-order valence-corrected chi connectivity index (χ0v) is 15.7. The van der Waals surface area contributed by atoms with E-state index in [0.717, 1.165) is 16.8 Å². The first-order valence-corrected chi connectivity index (χ1v) is 8.71. The van der Waals surface area contributed by atoms with Crippen molar-refractivity contribution in [3.05, 3.63) is 70.7 Å². The molecule has 0 bridgehead atoms. The molecule has 7 heteroatoms. The second-order valence-electron chi connectivity index (χ2n) is 5.99. The van der Waals surface area contributed by atoms with Crippen molar-refractivity contribution in [3.8, 4) is 5.75 Å². The summed E-state index contributed by atoms with van der Waals surface area (Å²) in [5.41, 5.74) is 2.86. The van der Waals surface area contributed by atoms with E-state index in [9.17, 15) is 4.79 Å². The van der Waals surface area contributed by atoms with E-state index >= 15 is 0 Å². The van der Waals surface area contributed by atoms with E-state index in [1.807, 2.05) is 37.3 Å². The van der Waals surface area contributed by atoms with Crippen LogP contribution in [-0.4, -0.2) is 23.2 Å². The molecule has 0 aliphatic heterocycles. The number of halogens is 1. The van der Waals surface area contributed by atoms with Gasteiger partial charge < -0.3 is 15.4 Å². The Balaban J connectivity index is 1.59. The van der Waals surface area contributed by atoms with Gasteiger partial charge >= 0.3 is 0 Å². The van der Waals surface area contributed by atoms with E-state index in [1.165, 1.54) is 0 Å². The minimum Gasteiger partial charge on any atom is -0.495 e. The van der Waals surface area contributed by atoms with E-state index in [-0.39, 0.29) is 12.3 Å². The highest BCUT2D eigenvalue weighted by molar-refractivity contribution is 6.32. The summed E-state index contributed by atoms with van der Waals surface area (Å²) in [6, 6.07) is 16.6. The molecule has 1 amide bonds. The van der Waals surface area contributed by atoms with Crippen molar-refractivity contribution < 1.29 is 9.53 Å². The second kappa shape index (κ2) is 8.51. The van der Waals surface area contributed by atoms with Gasteiger partial charge in [0.15, 0.2) is 11.6 Å². The van der Waals surface area contributed by atoms with Gasteiger partial charge in [-0.3, -0.25) is 4.79 Å². The van der Waals surface area contributed by atoms with Crippen molar-refractivity contribution in [1.82, 2.24) is 10.2 Å². The maximum Gasteiger partial charge on any atom is 0.229 e. The minimum atomic E-state index is -0.143. The lowest BCUT2D eigenvalue weighted by Gasteiger charge is -2.09. The molecule has 0 atom stereocenters. The number of hydrogen-bond donors (Lipinski definition) is 2. The van der Waals surface area contributed by atoms with Crippen LogP contribution in [0.2, 0.25) is 5.02 Å². The van der Waals surface area contributed by atoms with Crippen LogP contribution in [0.5, 0.6) is 5.75 Å². The lowest BCUT2D eigenvalue weighted by Crippen LogP contribution is -2.15. The molecule has 27 heavy (non-hydrogen) atoms. The quantitative estimate of drug-likeness (QED) is 0.662. The van der Waals surface area contributed by atoms with Crippen LogP contribution in [0.15, 0.2) is 54.6 Å². The van der Waals surface area contributed by atoms with Gasteiger partial charge in [0.2, 0.25) is 5.91 Å². The van der Waals surface area contributed by atoms with Crippen molar-refractivity contribution in [1.29, 1.82) is 0 Å². The molecule has 0 fully saturated rings. The summed E-state index contributed by atoms with van der Waals surface area (Å²) in [4.78, 5) is 12.1. The summed E-state index contributed by atoms with van der Waals surface area (Å²) in [6.07, 6.45) is 0.284. The van der Waals surface area contributed by atoms with Gasteiger partial charge in [0.1, 0.15) is 5.75 Å². The van der Waals surface area contributed by atoms with E-state index in [2.05, 4.69) is 20.8 Å². The predicted octanol–water partition coefficient (Wildman–Crippen LogP) is 4.37. The Kier molecular flexibility index (Phi) is 5.88. The fourth-order valence-corrected chi connectivity index (χ4v) is 2.69. The summed E-state index contributed by atoms with van der Waals surface area (Å²) in [5.74, 6) is 1.38. The molecule has 0 saturated heterocycles. The monoisotopic (exact) mass is 382 g/mol. The third-order valence-electron chi connectivity index (χ3n) is 3.84. The molecule has 0 aliphatic carbocycles. The first kappa shape index (κ1) is 18.7. The zero-order valence-electron chi connectivity index (χ0n) is 15.0. The summed E-state index contributed by atoms with van der Waals surface area (Å²) in [5, 5.41) is 14.4. The second-order valence-corrected chi connectivity index (χ2v) is 6.40. The Morgan fingerprint density at radius 3 is 2.37 bits per heavy atom. The number of rotatable bonds is 6. The topological polar surface area (TPSA) is 76.1 Å². The third kappa shape index (κ3) is 5.18. The van der Waals surface area contributed by atoms with Crippen LogP contribution < -0.4 is 15.4 Å². The van der Waals surface area contributed by atoms with Crippen molar-refractivity contribution in [2.24, 2.45) is 0 Å². The maximum absolute atomic E-state index is 12.1. The summed E-state index contributed by atoms with van der Waals surface area (Å²) < 4.78 is 5.12. The number of nitrogens with zero attached hydrogens (tertiary/aromatic N) is 2. The molecule has 3 rings (SSSR count). The van der Waals surface area contributed by atoms with Gasteiger partial charge in [-0.25, -0.2) is 0 Å². The highest BCUT2D eigenvalue weighted by atomic mass is 35.5. The molecule has 0 unspecified atom stereocenters. The molecular formula is C20H19ClN4O2. The zero-order chi connectivity index (χ0) is 19.2. The van der Waals surface area contributed by atoms with Gasteiger partial charge in [0, 0.05) is 5.69 Å².